The average Bonchev–Trinajstić information content (AvgIpc) is 2.53. The van der Waals surface area contributed by atoms with E-state index in [4.69, 9.17) is 25.8 Å². The van der Waals surface area contributed by atoms with Gasteiger partial charge >= 0.3 is 0 Å². The van der Waals surface area contributed by atoms with Crippen LogP contribution in [0.4, 0.5) is 0 Å². The number of hydrogen-bond donors (Lipinski definition) is 0. The Morgan fingerprint density at radius 3 is 1.86 bits per heavy atom. The van der Waals surface area contributed by atoms with E-state index >= 15 is 0 Å². The Bertz CT molecular complexity index is 603. The Balaban J connectivity index is 2.41. The number of rotatable bonds is 5. The van der Waals surface area contributed by atoms with E-state index < -0.39 is 0 Å². The van der Waals surface area contributed by atoms with E-state index in [0.29, 0.717) is 0 Å². The van der Waals surface area contributed by atoms with Crippen LogP contribution in [-0.2, 0) is 0 Å². The highest BCUT2D eigenvalue weighted by Crippen LogP contribution is 2.36. The standard InChI is InChI=1S/C17H19ClO3/c1-11-7-13(19-2)5-6-16(11)17(18)12-8-14(20-3)10-15(9-12)21-4/h5-10,17H,1-4H3. The molecule has 2 aromatic carbocycles. The molecule has 2 aromatic rings. The van der Waals surface area contributed by atoms with Gasteiger partial charge in [0.15, 0.2) is 0 Å². The second-order valence-electron chi connectivity index (χ2n) is 4.73. The molecule has 0 aliphatic heterocycles. The molecule has 0 amide bonds. The van der Waals surface area contributed by atoms with Crippen LogP contribution in [0, 0.1) is 6.92 Å². The molecule has 0 aromatic heterocycles. The molecule has 0 aliphatic rings. The van der Waals surface area contributed by atoms with Gasteiger partial charge in [-0.2, -0.15) is 0 Å². The monoisotopic (exact) mass is 306 g/mol. The van der Waals surface area contributed by atoms with Gasteiger partial charge in [0, 0.05) is 6.07 Å². The maximum Gasteiger partial charge on any atom is 0.122 e. The van der Waals surface area contributed by atoms with E-state index in [2.05, 4.69) is 0 Å². The maximum absolute atomic E-state index is 6.64. The Labute approximate surface area is 130 Å². The lowest BCUT2D eigenvalue weighted by atomic mass is 9.99. The fourth-order valence-electron chi connectivity index (χ4n) is 2.21. The van der Waals surface area contributed by atoms with E-state index in [0.717, 1.165) is 33.9 Å². The first-order valence-corrected chi connectivity index (χ1v) is 7.04. The summed E-state index contributed by atoms with van der Waals surface area (Å²) in [7, 11) is 4.90. The van der Waals surface area contributed by atoms with Crippen molar-refractivity contribution in [3.05, 3.63) is 53.1 Å². The van der Waals surface area contributed by atoms with E-state index in [1.165, 1.54) is 0 Å². The Hall–Kier alpha value is -1.87. The molecule has 0 bridgehead atoms. The summed E-state index contributed by atoms with van der Waals surface area (Å²) < 4.78 is 15.8. The highest BCUT2D eigenvalue weighted by molar-refractivity contribution is 6.22. The molecule has 0 saturated carbocycles. The van der Waals surface area contributed by atoms with Crippen molar-refractivity contribution in [2.24, 2.45) is 0 Å². The summed E-state index contributed by atoms with van der Waals surface area (Å²) >= 11 is 6.64. The number of alkyl halides is 1. The van der Waals surface area contributed by atoms with Gasteiger partial charge in [-0.15, -0.1) is 11.6 Å². The van der Waals surface area contributed by atoms with Gasteiger partial charge in [-0.05, 0) is 47.9 Å². The zero-order chi connectivity index (χ0) is 15.4. The van der Waals surface area contributed by atoms with Crippen molar-refractivity contribution < 1.29 is 14.2 Å². The highest BCUT2D eigenvalue weighted by atomic mass is 35.5. The van der Waals surface area contributed by atoms with E-state index in [1.807, 2.05) is 43.3 Å². The molecule has 112 valence electrons. The van der Waals surface area contributed by atoms with Crippen LogP contribution in [0.3, 0.4) is 0 Å². The third kappa shape index (κ3) is 3.42. The van der Waals surface area contributed by atoms with Crippen molar-refractivity contribution in [3.63, 3.8) is 0 Å². The number of halogens is 1. The van der Waals surface area contributed by atoms with Crippen LogP contribution in [0.1, 0.15) is 22.1 Å². The van der Waals surface area contributed by atoms with Crippen molar-refractivity contribution in [2.75, 3.05) is 21.3 Å². The Morgan fingerprint density at radius 1 is 0.810 bits per heavy atom. The van der Waals surface area contributed by atoms with Crippen molar-refractivity contribution in [3.8, 4) is 17.2 Å². The predicted octanol–water partition coefficient (Wildman–Crippen LogP) is 4.35. The summed E-state index contributed by atoms with van der Waals surface area (Å²) in [5.41, 5.74) is 3.05. The minimum absolute atomic E-state index is 0.278. The van der Waals surface area contributed by atoms with Gasteiger partial charge in [-0.3, -0.25) is 0 Å². The number of aryl methyl sites for hydroxylation is 1. The molecule has 0 radical (unpaired) electrons. The molecular formula is C17H19ClO3. The first kappa shape index (κ1) is 15.5. The zero-order valence-corrected chi connectivity index (χ0v) is 13.4. The number of methoxy groups -OCH3 is 3. The molecule has 0 aliphatic carbocycles. The largest absolute Gasteiger partial charge is 0.497 e. The van der Waals surface area contributed by atoms with Gasteiger partial charge in [0.1, 0.15) is 17.2 Å². The molecule has 2 rings (SSSR count). The normalized spacial score (nSPS) is 11.9. The molecule has 4 heteroatoms. The second-order valence-corrected chi connectivity index (χ2v) is 5.17. The van der Waals surface area contributed by atoms with Crippen molar-refractivity contribution in [1.82, 2.24) is 0 Å². The predicted molar refractivity (Wildman–Crippen MR) is 85.0 cm³/mol. The molecular weight excluding hydrogens is 288 g/mol. The first-order valence-electron chi connectivity index (χ1n) is 6.60. The van der Waals surface area contributed by atoms with Gasteiger partial charge in [-0.25, -0.2) is 0 Å². The van der Waals surface area contributed by atoms with Gasteiger partial charge in [0.05, 0.1) is 26.7 Å². The summed E-state index contributed by atoms with van der Waals surface area (Å²) in [5.74, 6) is 2.27. The van der Waals surface area contributed by atoms with Gasteiger partial charge < -0.3 is 14.2 Å². The highest BCUT2D eigenvalue weighted by Gasteiger charge is 2.16. The van der Waals surface area contributed by atoms with Gasteiger partial charge in [0.2, 0.25) is 0 Å². The average molecular weight is 307 g/mol. The van der Waals surface area contributed by atoms with Crippen LogP contribution < -0.4 is 14.2 Å². The molecule has 0 heterocycles. The van der Waals surface area contributed by atoms with E-state index in [-0.39, 0.29) is 5.38 Å². The Kier molecular flexibility index (Phi) is 4.97. The van der Waals surface area contributed by atoms with E-state index in [1.54, 1.807) is 21.3 Å². The molecule has 1 unspecified atom stereocenters. The lowest BCUT2D eigenvalue weighted by Gasteiger charge is -2.16. The lowest BCUT2D eigenvalue weighted by Crippen LogP contribution is -1.99. The van der Waals surface area contributed by atoms with Crippen molar-refractivity contribution in [1.29, 1.82) is 0 Å². The van der Waals surface area contributed by atoms with Crippen LogP contribution >= 0.6 is 11.6 Å². The summed E-state index contributed by atoms with van der Waals surface area (Å²) in [5, 5.41) is -0.278. The summed E-state index contributed by atoms with van der Waals surface area (Å²) in [4.78, 5) is 0. The fourth-order valence-corrected chi connectivity index (χ4v) is 2.59. The first-order chi connectivity index (χ1) is 10.1. The third-order valence-electron chi connectivity index (χ3n) is 3.42. The third-order valence-corrected chi connectivity index (χ3v) is 3.90. The summed E-state index contributed by atoms with van der Waals surface area (Å²) in [6.45, 7) is 2.02. The second kappa shape index (κ2) is 6.72. The molecule has 21 heavy (non-hydrogen) atoms. The van der Waals surface area contributed by atoms with Crippen LogP contribution in [0.5, 0.6) is 17.2 Å². The van der Waals surface area contributed by atoms with Gasteiger partial charge in [0.25, 0.3) is 0 Å². The SMILES string of the molecule is COc1cc(OC)cc(C(Cl)c2ccc(OC)cc2C)c1. The molecule has 0 spiro atoms. The minimum Gasteiger partial charge on any atom is -0.497 e. The smallest absolute Gasteiger partial charge is 0.122 e. The van der Waals surface area contributed by atoms with Crippen molar-refractivity contribution in [2.45, 2.75) is 12.3 Å². The fraction of sp³-hybridized carbons (Fsp3) is 0.294. The van der Waals surface area contributed by atoms with Crippen LogP contribution in [0.25, 0.3) is 0 Å². The molecule has 0 N–H and O–H groups in total. The van der Waals surface area contributed by atoms with Crippen molar-refractivity contribution >= 4 is 11.6 Å². The summed E-state index contributed by atoms with van der Waals surface area (Å²) in [6.07, 6.45) is 0. The molecule has 3 nitrogen and oxygen atoms in total. The molecule has 0 fully saturated rings. The lowest BCUT2D eigenvalue weighted by molar-refractivity contribution is 0.393. The maximum atomic E-state index is 6.64. The van der Waals surface area contributed by atoms with E-state index in [9.17, 15) is 0 Å². The Morgan fingerprint density at radius 2 is 1.38 bits per heavy atom. The molecule has 0 saturated heterocycles. The van der Waals surface area contributed by atoms with Crippen LogP contribution in [-0.4, -0.2) is 21.3 Å². The minimum atomic E-state index is -0.278. The van der Waals surface area contributed by atoms with Crippen LogP contribution in [0.2, 0.25) is 0 Å². The summed E-state index contributed by atoms with van der Waals surface area (Å²) in [6, 6.07) is 11.5. The quantitative estimate of drug-likeness (QED) is 0.769. The number of benzene rings is 2. The number of ether oxygens (including phenoxy) is 3. The topological polar surface area (TPSA) is 27.7 Å². The zero-order valence-electron chi connectivity index (χ0n) is 12.6. The van der Waals surface area contributed by atoms with Crippen LogP contribution in [0.15, 0.2) is 36.4 Å². The molecule has 1 atom stereocenters. The number of hydrogen-bond acceptors (Lipinski definition) is 3. The van der Waals surface area contributed by atoms with Gasteiger partial charge in [-0.1, -0.05) is 6.07 Å².